The average Bonchev–Trinajstić information content (AvgIpc) is 2.97. The van der Waals surface area contributed by atoms with Gasteiger partial charge >= 0.3 is 0 Å². The van der Waals surface area contributed by atoms with Crippen LogP contribution in [-0.2, 0) is 10.0 Å². The topological polar surface area (TPSA) is 101 Å². The Morgan fingerprint density at radius 3 is 2.86 bits per heavy atom. The highest BCUT2D eigenvalue weighted by molar-refractivity contribution is 7.89. The Morgan fingerprint density at radius 2 is 2.10 bits per heavy atom. The summed E-state index contributed by atoms with van der Waals surface area (Å²) in [5, 5.41) is 14.3. The van der Waals surface area contributed by atoms with Gasteiger partial charge in [-0.2, -0.15) is 0 Å². The van der Waals surface area contributed by atoms with E-state index in [1.165, 1.54) is 24.3 Å². The molecule has 1 aromatic carbocycles. The average molecular weight is 311 g/mol. The molecule has 0 bridgehead atoms. The van der Waals surface area contributed by atoms with Gasteiger partial charge in [-0.1, -0.05) is 12.1 Å². The molecule has 1 saturated heterocycles. The summed E-state index contributed by atoms with van der Waals surface area (Å²) < 4.78 is 28.0. The van der Waals surface area contributed by atoms with Crippen LogP contribution < -0.4 is 10.0 Å². The summed E-state index contributed by atoms with van der Waals surface area (Å²) >= 11 is 0. The van der Waals surface area contributed by atoms with Gasteiger partial charge in [-0.05, 0) is 38.3 Å². The zero-order valence-corrected chi connectivity index (χ0v) is 12.2. The molecule has 2 fully saturated rings. The number of hydrogen-bond acceptors (Lipinski definition) is 5. The summed E-state index contributed by atoms with van der Waals surface area (Å²) in [5.41, 5.74) is -0.885. The SMILES string of the molecule is O=[N+]([O-])c1ccccc1S(=O)(=O)NC12CCCC1NCC2. The van der Waals surface area contributed by atoms with E-state index in [9.17, 15) is 18.5 Å². The number of fused-ring (bicyclic) bond motifs is 1. The van der Waals surface area contributed by atoms with E-state index in [1.807, 2.05) is 0 Å². The van der Waals surface area contributed by atoms with Crippen molar-refractivity contribution in [3.8, 4) is 0 Å². The maximum Gasteiger partial charge on any atom is 0.289 e. The molecule has 2 aliphatic rings. The van der Waals surface area contributed by atoms with Crippen molar-refractivity contribution < 1.29 is 13.3 Å². The fourth-order valence-electron chi connectivity index (χ4n) is 3.47. The van der Waals surface area contributed by atoms with E-state index in [4.69, 9.17) is 0 Å². The number of nitro benzene ring substituents is 1. The monoisotopic (exact) mass is 311 g/mol. The van der Waals surface area contributed by atoms with E-state index in [2.05, 4.69) is 10.0 Å². The van der Waals surface area contributed by atoms with Gasteiger partial charge < -0.3 is 5.32 Å². The third-order valence-electron chi connectivity index (χ3n) is 4.43. The Morgan fingerprint density at radius 1 is 1.33 bits per heavy atom. The Kier molecular flexibility index (Phi) is 3.46. The molecule has 1 heterocycles. The van der Waals surface area contributed by atoms with Crippen molar-refractivity contribution in [2.24, 2.45) is 0 Å². The zero-order chi connectivity index (χ0) is 15.1. The molecule has 1 aliphatic heterocycles. The first-order chi connectivity index (χ1) is 9.95. The van der Waals surface area contributed by atoms with Crippen LogP contribution in [0.15, 0.2) is 29.2 Å². The fourth-order valence-corrected chi connectivity index (χ4v) is 5.14. The van der Waals surface area contributed by atoms with Gasteiger partial charge in [-0.25, -0.2) is 13.1 Å². The molecule has 1 saturated carbocycles. The minimum atomic E-state index is -3.91. The van der Waals surface area contributed by atoms with Crippen LogP contribution >= 0.6 is 0 Å². The van der Waals surface area contributed by atoms with Crippen LogP contribution in [0.3, 0.4) is 0 Å². The summed E-state index contributed by atoms with van der Waals surface area (Å²) in [6.07, 6.45) is 3.37. The van der Waals surface area contributed by atoms with Crippen molar-refractivity contribution in [3.05, 3.63) is 34.4 Å². The highest BCUT2D eigenvalue weighted by Gasteiger charge is 2.49. The van der Waals surface area contributed by atoms with Crippen molar-refractivity contribution in [2.45, 2.75) is 42.2 Å². The quantitative estimate of drug-likeness (QED) is 0.642. The van der Waals surface area contributed by atoms with Crippen molar-refractivity contribution in [1.29, 1.82) is 0 Å². The smallest absolute Gasteiger partial charge is 0.289 e. The molecule has 2 unspecified atom stereocenters. The second kappa shape index (κ2) is 5.04. The van der Waals surface area contributed by atoms with Crippen LogP contribution in [0.1, 0.15) is 25.7 Å². The summed E-state index contributed by atoms with van der Waals surface area (Å²) in [6, 6.07) is 5.58. The minimum absolute atomic E-state index is 0.120. The van der Waals surface area contributed by atoms with E-state index < -0.39 is 20.5 Å². The van der Waals surface area contributed by atoms with Gasteiger partial charge in [0.25, 0.3) is 5.69 Å². The molecule has 2 atom stereocenters. The molecule has 1 aromatic rings. The lowest BCUT2D eigenvalue weighted by atomic mass is 9.95. The molecule has 3 rings (SSSR count). The third-order valence-corrected chi connectivity index (χ3v) is 6.03. The lowest BCUT2D eigenvalue weighted by Crippen LogP contribution is -2.52. The summed E-state index contributed by atoms with van der Waals surface area (Å²) in [5.74, 6) is 0. The second-order valence-electron chi connectivity index (χ2n) is 5.64. The molecule has 0 radical (unpaired) electrons. The molecular formula is C13H17N3O4S. The Labute approximate surface area is 122 Å². The number of benzene rings is 1. The highest BCUT2D eigenvalue weighted by atomic mass is 32.2. The fraction of sp³-hybridized carbons (Fsp3) is 0.538. The lowest BCUT2D eigenvalue weighted by Gasteiger charge is -2.29. The number of nitrogens with one attached hydrogen (secondary N) is 2. The predicted molar refractivity (Wildman–Crippen MR) is 76.4 cm³/mol. The lowest BCUT2D eigenvalue weighted by molar-refractivity contribution is -0.387. The van der Waals surface area contributed by atoms with Gasteiger partial charge in [-0.15, -0.1) is 0 Å². The van der Waals surface area contributed by atoms with Crippen LogP contribution in [0.25, 0.3) is 0 Å². The van der Waals surface area contributed by atoms with Gasteiger partial charge in [-0.3, -0.25) is 10.1 Å². The van der Waals surface area contributed by atoms with Gasteiger partial charge in [0.15, 0.2) is 4.90 Å². The number of nitro groups is 1. The largest absolute Gasteiger partial charge is 0.312 e. The van der Waals surface area contributed by atoms with Crippen LogP contribution in [0, 0.1) is 10.1 Å². The Bertz CT molecular complexity index is 664. The molecule has 7 nitrogen and oxygen atoms in total. The van der Waals surface area contributed by atoms with Gasteiger partial charge in [0.05, 0.1) is 4.92 Å². The number of para-hydroxylation sites is 1. The van der Waals surface area contributed by atoms with E-state index in [0.717, 1.165) is 32.2 Å². The summed E-state index contributed by atoms with van der Waals surface area (Å²) in [4.78, 5) is 10.1. The first kappa shape index (κ1) is 14.4. The molecule has 0 amide bonds. The minimum Gasteiger partial charge on any atom is -0.312 e. The normalized spacial score (nSPS) is 28.5. The van der Waals surface area contributed by atoms with E-state index in [1.54, 1.807) is 0 Å². The molecule has 8 heteroatoms. The van der Waals surface area contributed by atoms with E-state index in [0.29, 0.717) is 0 Å². The van der Waals surface area contributed by atoms with Crippen molar-refractivity contribution in [1.82, 2.24) is 10.0 Å². The number of nitrogens with zero attached hydrogens (tertiary/aromatic N) is 1. The van der Waals surface area contributed by atoms with Crippen LogP contribution in [0.5, 0.6) is 0 Å². The number of sulfonamides is 1. The van der Waals surface area contributed by atoms with Crippen LogP contribution in [0.4, 0.5) is 5.69 Å². The molecule has 114 valence electrons. The maximum absolute atomic E-state index is 12.6. The predicted octanol–water partition coefficient (Wildman–Crippen LogP) is 1.16. The maximum atomic E-state index is 12.6. The van der Waals surface area contributed by atoms with Crippen molar-refractivity contribution >= 4 is 15.7 Å². The van der Waals surface area contributed by atoms with Crippen LogP contribution in [0.2, 0.25) is 0 Å². The summed E-state index contributed by atoms with van der Waals surface area (Å²) in [7, 11) is -3.91. The first-order valence-corrected chi connectivity index (χ1v) is 8.44. The number of rotatable bonds is 4. The molecule has 21 heavy (non-hydrogen) atoms. The highest BCUT2D eigenvalue weighted by Crippen LogP contribution is 2.38. The van der Waals surface area contributed by atoms with Gasteiger partial charge in [0.2, 0.25) is 10.0 Å². The number of hydrogen-bond donors (Lipinski definition) is 2. The molecule has 1 aliphatic carbocycles. The molecular weight excluding hydrogens is 294 g/mol. The molecule has 0 spiro atoms. The Balaban J connectivity index is 1.97. The Hall–Kier alpha value is -1.51. The van der Waals surface area contributed by atoms with Crippen molar-refractivity contribution in [2.75, 3.05) is 6.54 Å². The summed E-state index contributed by atoms with van der Waals surface area (Å²) in [6.45, 7) is 0.768. The standard InChI is InChI=1S/C13H17N3O4S/c17-16(18)10-4-1-2-5-11(10)21(19,20)15-13-7-3-6-12(13)14-9-8-13/h1-2,4-5,12,14-15H,3,6-9H2. The van der Waals surface area contributed by atoms with E-state index >= 15 is 0 Å². The molecule has 2 N–H and O–H groups in total. The third kappa shape index (κ3) is 2.43. The zero-order valence-electron chi connectivity index (χ0n) is 11.4. The van der Waals surface area contributed by atoms with Gasteiger partial charge in [0, 0.05) is 17.6 Å². The second-order valence-corrected chi connectivity index (χ2v) is 7.29. The van der Waals surface area contributed by atoms with Crippen LogP contribution in [-0.4, -0.2) is 31.5 Å². The van der Waals surface area contributed by atoms with Crippen molar-refractivity contribution in [3.63, 3.8) is 0 Å². The molecule has 0 aromatic heterocycles. The first-order valence-electron chi connectivity index (χ1n) is 6.95. The van der Waals surface area contributed by atoms with Gasteiger partial charge in [0.1, 0.15) is 0 Å². The van der Waals surface area contributed by atoms with E-state index in [-0.39, 0.29) is 16.6 Å².